The summed E-state index contributed by atoms with van der Waals surface area (Å²) >= 11 is 12.1. The van der Waals surface area contributed by atoms with E-state index in [0.717, 1.165) is 5.56 Å². The van der Waals surface area contributed by atoms with Crippen LogP contribution in [0.4, 0.5) is 5.82 Å². The van der Waals surface area contributed by atoms with Gasteiger partial charge in [0.25, 0.3) is 0 Å². The lowest BCUT2D eigenvalue weighted by atomic mass is 9.97. The molecule has 1 heterocycles. The summed E-state index contributed by atoms with van der Waals surface area (Å²) in [4.78, 5) is 29.0. The van der Waals surface area contributed by atoms with Crippen LogP contribution in [0.5, 0.6) is 0 Å². The largest absolute Gasteiger partial charge is 0.384 e. The van der Waals surface area contributed by atoms with Gasteiger partial charge < -0.3 is 21.5 Å². The zero-order valence-corrected chi connectivity index (χ0v) is 17.7. The van der Waals surface area contributed by atoms with E-state index in [0.29, 0.717) is 21.4 Å². The number of rotatable bonds is 8. The van der Waals surface area contributed by atoms with E-state index in [9.17, 15) is 14.7 Å². The minimum Gasteiger partial charge on any atom is -0.384 e. The third-order valence-electron chi connectivity index (χ3n) is 4.36. The average Bonchev–Trinajstić information content (AvgIpc) is 2.69. The zero-order chi connectivity index (χ0) is 21.6. The molecule has 0 saturated carbocycles. The Morgan fingerprint density at radius 3 is 2.41 bits per heavy atom. The molecule has 9 heteroatoms. The summed E-state index contributed by atoms with van der Waals surface area (Å²) in [7, 11) is 0. The Hall–Kier alpha value is -2.35. The number of pyridine rings is 1. The monoisotopic (exact) mass is 438 g/mol. The van der Waals surface area contributed by atoms with Gasteiger partial charge in [-0.1, -0.05) is 49.2 Å². The van der Waals surface area contributed by atoms with Gasteiger partial charge in [-0.25, -0.2) is 4.98 Å². The number of anilines is 1. The van der Waals surface area contributed by atoms with Crippen molar-refractivity contribution >= 4 is 40.8 Å². The summed E-state index contributed by atoms with van der Waals surface area (Å²) in [6.07, 6.45) is 0.415. The fraction of sp³-hybridized carbons (Fsp3) is 0.350. The summed E-state index contributed by atoms with van der Waals surface area (Å²) in [5, 5.41) is 16.0. The van der Waals surface area contributed by atoms with Crippen LogP contribution < -0.4 is 16.4 Å². The molecule has 0 radical (unpaired) electrons. The molecule has 0 aliphatic rings. The predicted octanol–water partition coefficient (Wildman–Crippen LogP) is 2.50. The van der Waals surface area contributed by atoms with E-state index < -0.39 is 17.9 Å². The van der Waals surface area contributed by atoms with Crippen molar-refractivity contribution in [2.24, 2.45) is 5.92 Å². The number of aliphatic hydroxyl groups excluding tert-OH is 1. The SMILES string of the molecule is CC(C)[C@@H](O)C(=O)NC[C@H](C(=O)NCc1ccc(N)nc1)c1ccc(Cl)c(Cl)c1. The van der Waals surface area contributed by atoms with Crippen LogP contribution in [0.15, 0.2) is 36.5 Å². The maximum absolute atomic E-state index is 12.9. The molecule has 156 valence electrons. The Balaban J connectivity index is 2.14. The van der Waals surface area contributed by atoms with Crippen LogP contribution in [0.3, 0.4) is 0 Å². The van der Waals surface area contributed by atoms with Gasteiger partial charge in [0, 0.05) is 19.3 Å². The summed E-state index contributed by atoms with van der Waals surface area (Å²) in [5.74, 6) is -1.44. The van der Waals surface area contributed by atoms with Crippen LogP contribution in [0.1, 0.15) is 30.9 Å². The highest BCUT2D eigenvalue weighted by atomic mass is 35.5. The molecule has 1 aromatic heterocycles. The molecule has 1 aromatic carbocycles. The van der Waals surface area contributed by atoms with Crippen molar-refractivity contribution in [2.75, 3.05) is 12.3 Å². The van der Waals surface area contributed by atoms with E-state index in [4.69, 9.17) is 28.9 Å². The van der Waals surface area contributed by atoms with Crippen molar-refractivity contribution in [1.29, 1.82) is 0 Å². The molecule has 2 rings (SSSR count). The minimum absolute atomic E-state index is 0.00754. The Bertz CT molecular complexity index is 859. The third kappa shape index (κ3) is 6.59. The van der Waals surface area contributed by atoms with Crippen LogP contribution in [0, 0.1) is 5.92 Å². The molecular formula is C20H24Cl2N4O3. The highest BCUT2D eigenvalue weighted by Gasteiger charge is 2.25. The minimum atomic E-state index is -1.16. The third-order valence-corrected chi connectivity index (χ3v) is 5.10. The van der Waals surface area contributed by atoms with Gasteiger partial charge in [0.05, 0.1) is 16.0 Å². The zero-order valence-electron chi connectivity index (χ0n) is 16.2. The van der Waals surface area contributed by atoms with Gasteiger partial charge in [0.1, 0.15) is 11.9 Å². The first-order valence-electron chi connectivity index (χ1n) is 9.08. The van der Waals surface area contributed by atoms with E-state index in [1.54, 1.807) is 50.4 Å². The van der Waals surface area contributed by atoms with Crippen LogP contribution in [0.2, 0.25) is 10.0 Å². The van der Waals surface area contributed by atoms with E-state index >= 15 is 0 Å². The number of nitrogen functional groups attached to an aromatic ring is 1. The second-order valence-corrected chi connectivity index (χ2v) is 7.78. The normalized spacial score (nSPS) is 13.0. The molecule has 0 saturated heterocycles. The summed E-state index contributed by atoms with van der Waals surface area (Å²) in [6.45, 7) is 3.70. The average molecular weight is 439 g/mol. The maximum Gasteiger partial charge on any atom is 0.249 e. The van der Waals surface area contributed by atoms with E-state index in [1.165, 1.54) is 0 Å². The number of nitrogens with one attached hydrogen (secondary N) is 2. The molecule has 0 unspecified atom stereocenters. The summed E-state index contributed by atoms with van der Waals surface area (Å²) in [6, 6.07) is 8.26. The first-order valence-corrected chi connectivity index (χ1v) is 9.83. The topological polar surface area (TPSA) is 117 Å². The molecule has 29 heavy (non-hydrogen) atoms. The summed E-state index contributed by atoms with van der Waals surface area (Å²) in [5.41, 5.74) is 6.93. The molecule has 0 fully saturated rings. The number of amides is 2. The van der Waals surface area contributed by atoms with Gasteiger partial charge in [-0.2, -0.15) is 0 Å². The van der Waals surface area contributed by atoms with Gasteiger partial charge in [-0.15, -0.1) is 0 Å². The van der Waals surface area contributed by atoms with Gasteiger partial charge in [-0.05, 0) is 35.2 Å². The molecule has 7 nitrogen and oxygen atoms in total. The molecule has 2 aromatic rings. The van der Waals surface area contributed by atoms with Crippen molar-refractivity contribution in [1.82, 2.24) is 15.6 Å². The highest BCUT2D eigenvalue weighted by molar-refractivity contribution is 6.42. The lowest BCUT2D eigenvalue weighted by Gasteiger charge is -2.20. The molecule has 0 aliphatic heterocycles. The Morgan fingerprint density at radius 1 is 1.10 bits per heavy atom. The van der Waals surface area contributed by atoms with Crippen LogP contribution in [-0.2, 0) is 16.1 Å². The van der Waals surface area contributed by atoms with E-state index in [1.807, 2.05) is 0 Å². The lowest BCUT2D eigenvalue weighted by Crippen LogP contribution is -2.42. The van der Waals surface area contributed by atoms with Crippen molar-refractivity contribution in [2.45, 2.75) is 32.4 Å². The summed E-state index contributed by atoms with van der Waals surface area (Å²) < 4.78 is 0. The van der Waals surface area contributed by atoms with Gasteiger partial charge in [0.15, 0.2) is 0 Å². The van der Waals surface area contributed by atoms with Crippen LogP contribution in [-0.4, -0.2) is 34.6 Å². The number of aromatic nitrogens is 1. The van der Waals surface area contributed by atoms with Gasteiger partial charge in [0.2, 0.25) is 11.8 Å². The number of carbonyl (C=O) groups excluding carboxylic acids is 2. The Morgan fingerprint density at radius 2 is 1.83 bits per heavy atom. The van der Waals surface area contributed by atoms with Crippen molar-refractivity contribution in [3.8, 4) is 0 Å². The van der Waals surface area contributed by atoms with Gasteiger partial charge >= 0.3 is 0 Å². The first-order chi connectivity index (χ1) is 13.7. The number of aliphatic hydroxyl groups is 1. The van der Waals surface area contributed by atoms with E-state index in [-0.39, 0.29) is 24.9 Å². The molecular weight excluding hydrogens is 415 g/mol. The number of halogens is 2. The Labute approximate surface area is 179 Å². The molecule has 0 spiro atoms. The predicted molar refractivity (Wildman–Crippen MR) is 114 cm³/mol. The molecule has 0 aliphatic carbocycles. The van der Waals surface area contributed by atoms with Crippen molar-refractivity contribution in [3.05, 3.63) is 57.7 Å². The maximum atomic E-state index is 12.9. The number of nitrogens with two attached hydrogens (primary N) is 1. The smallest absolute Gasteiger partial charge is 0.249 e. The van der Waals surface area contributed by atoms with Crippen LogP contribution >= 0.6 is 23.2 Å². The lowest BCUT2D eigenvalue weighted by molar-refractivity contribution is -0.131. The number of hydrogen-bond donors (Lipinski definition) is 4. The second kappa shape index (κ2) is 10.4. The quantitative estimate of drug-likeness (QED) is 0.504. The van der Waals surface area contributed by atoms with E-state index in [2.05, 4.69) is 15.6 Å². The standard InChI is InChI=1S/C20H24Cl2N4O3/c1-11(2)18(27)20(29)26-10-14(13-4-5-15(21)16(22)7-13)19(28)25-9-12-3-6-17(23)24-8-12/h3-8,11,14,18,27H,9-10H2,1-2H3,(H2,23,24)(H,25,28)(H,26,29)/t14-,18+/m0/s1. The molecule has 0 bridgehead atoms. The van der Waals surface area contributed by atoms with Gasteiger partial charge in [-0.3, -0.25) is 9.59 Å². The van der Waals surface area contributed by atoms with Crippen molar-refractivity contribution < 1.29 is 14.7 Å². The Kier molecular flexibility index (Phi) is 8.25. The molecule has 2 amide bonds. The first kappa shape index (κ1) is 22.9. The fourth-order valence-corrected chi connectivity index (χ4v) is 2.86. The number of nitrogens with zero attached hydrogens (tertiary/aromatic N) is 1. The highest BCUT2D eigenvalue weighted by Crippen LogP contribution is 2.26. The van der Waals surface area contributed by atoms with Crippen LogP contribution in [0.25, 0.3) is 0 Å². The number of hydrogen-bond acceptors (Lipinski definition) is 5. The molecule has 5 N–H and O–H groups in total. The number of carbonyl (C=O) groups is 2. The fourth-order valence-electron chi connectivity index (χ4n) is 2.55. The second-order valence-electron chi connectivity index (χ2n) is 6.97. The number of benzene rings is 1. The molecule has 2 atom stereocenters. The van der Waals surface area contributed by atoms with Crippen molar-refractivity contribution in [3.63, 3.8) is 0 Å².